The van der Waals surface area contributed by atoms with Crippen LogP contribution in [0.15, 0.2) is 30.3 Å². The Labute approximate surface area is 82.7 Å². The van der Waals surface area contributed by atoms with Crippen molar-refractivity contribution in [2.75, 3.05) is 6.61 Å². The Balaban J connectivity index is 2.13. The Morgan fingerprint density at radius 1 is 1.36 bits per heavy atom. The first-order chi connectivity index (χ1) is 6.83. The van der Waals surface area contributed by atoms with Crippen molar-refractivity contribution in [2.45, 2.75) is 19.2 Å². The van der Waals surface area contributed by atoms with Crippen LogP contribution in [0.5, 0.6) is 0 Å². The zero-order chi connectivity index (χ0) is 10.2. The molecule has 2 nitrogen and oxygen atoms in total. The third kappa shape index (κ3) is 4.14. The molecule has 0 bridgehead atoms. The van der Waals surface area contributed by atoms with Crippen molar-refractivity contribution in [1.82, 2.24) is 0 Å². The van der Waals surface area contributed by atoms with Crippen LogP contribution < -0.4 is 0 Å². The molecule has 0 aliphatic rings. The van der Waals surface area contributed by atoms with E-state index in [0.717, 1.165) is 5.56 Å². The number of carbonyl (C=O) groups is 1. The summed E-state index contributed by atoms with van der Waals surface area (Å²) in [6.07, 6.45) is -0.965. The number of halogens is 1. The summed E-state index contributed by atoms with van der Waals surface area (Å²) >= 11 is 0. The predicted molar refractivity (Wildman–Crippen MR) is 51.7 cm³/mol. The quantitative estimate of drug-likeness (QED) is 0.514. The zero-order valence-electron chi connectivity index (χ0n) is 7.86. The number of hydrogen-bond donors (Lipinski definition) is 0. The topological polar surface area (TPSA) is 26.3 Å². The number of hydrogen-bond acceptors (Lipinski definition) is 2. The molecule has 0 aromatic heterocycles. The molecule has 0 aliphatic carbocycles. The molecule has 3 heteroatoms. The minimum absolute atomic E-state index is 0.135. The lowest BCUT2D eigenvalue weighted by atomic mass is 10.2. The van der Waals surface area contributed by atoms with Gasteiger partial charge in [-0.1, -0.05) is 30.3 Å². The van der Waals surface area contributed by atoms with E-state index in [9.17, 15) is 9.18 Å². The van der Waals surface area contributed by atoms with Crippen LogP contribution >= 0.6 is 0 Å². The van der Waals surface area contributed by atoms with Gasteiger partial charge in [-0.25, -0.2) is 4.39 Å². The largest absolute Gasteiger partial charge is 0.377 e. The van der Waals surface area contributed by atoms with Crippen LogP contribution in [0.4, 0.5) is 4.39 Å². The Morgan fingerprint density at radius 2 is 2.07 bits per heavy atom. The van der Waals surface area contributed by atoms with Crippen LogP contribution in [0.1, 0.15) is 12.0 Å². The molecule has 0 saturated heterocycles. The molecular weight excluding hydrogens is 183 g/mol. The number of benzene rings is 1. The van der Waals surface area contributed by atoms with Crippen molar-refractivity contribution in [3.05, 3.63) is 35.9 Å². The summed E-state index contributed by atoms with van der Waals surface area (Å²) in [7, 11) is 0. The van der Waals surface area contributed by atoms with E-state index in [-0.39, 0.29) is 13.0 Å². The van der Waals surface area contributed by atoms with Gasteiger partial charge >= 0.3 is 0 Å². The lowest BCUT2D eigenvalue weighted by molar-refractivity contribution is -0.112. The van der Waals surface area contributed by atoms with Crippen LogP contribution in [0.2, 0.25) is 0 Å². The van der Waals surface area contributed by atoms with Gasteiger partial charge in [0.25, 0.3) is 0 Å². The van der Waals surface area contributed by atoms with Gasteiger partial charge < -0.3 is 9.53 Å². The molecule has 0 saturated carbocycles. The summed E-state index contributed by atoms with van der Waals surface area (Å²) in [6, 6.07) is 9.64. The molecule has 1 rings (SSSR count). The van der Waals surface area contributed by atoms with E-state index in [0.29, 0.717) is 12.9 Å². The fourth-order valence-electron chi connectivity index (χ4n) is 1.03. The van der Waals surface area contributed by atoms with Crippen molar-refractivity contribution in [1.29, 1.82) is 0 Å². The highest BCUT2D eigenvalue weighted by Gasteiger charge is 2.02. The molecule has 1 aromatic rings. The van der Waals surface area contributed by atoms with Gasteiger partial charge in [0.1, 0.15) is 0 Å². The van der Waals surface area contributed by atoms with Gasteiger partial charge in [0.2, 0.25) is 0 Å². The minimum atomic E-state index is -1.40. The van der Waals surface area contributed by atoms with E-state index in [2.05, 4.69) is 0 Å². The van der Waals surface area contributed by atoms with Gasteiger partial charge in [-0.3, -0.25) is 0 Å². The molecule has 0 spiro atoms. The fraction of sp³-hybridized carbons (Fsp3) is 0.364. The Morgan fingerprint density at radius 3 is 2.71 bits per heavy atom. The van der Waals surface area contributed by atoms with Gasteiger partial charge in [-0.2, -0.15) is 0 Å². The molecule has 0 heterocycles. The van der Waals surface area contributed by atoms with E-state index in [1.807, 2.05) is 30.3 Å². The van der Waals surface area contributed by atoms with Crippen LogP contribution in [0.25, 0.3) is 0 Å². The molecule has 14 heavy (non-hydrogen) atoms. The van der Waals surface area contributed by atoms with Crippen LogP contribution in [0, 0.1) is 0 Å². The van der Waals surface area contributed by atoms with Crippen LogP contribution in [-0.2, 0) is 16.1 Å². The summed E-state index contributed by atoms with van der Waals surface area (Å²) in [5.41, 5.74) is 1.05. The van der Waals surface area contributed by atoms with E-state index in [1.165, 1.54) is 0 Å². The van der Waals surface area contributed by atoms with Gasteiger partial charge in [0.05, 0.1) is 13.2 Å². The first-order valence-electron chi connectivity index (χ1n) is 4.54. The van der Waals surface area contributed by atoms with Gasteiger partial charge in [0.15, 0.2) is 12.5 Å². The molecular formula is C11H13FO2. The number of alkyl halides is 1. The van der Waals surface area contributed by atoms with E-state index in [1.54, 1.807) is 0 Å². The number of aldehydes is 1. The summed E-state index contributed by atoms with van der Waals surface area (Å²) in [6.45, 7) is 0.737. The first kappa shape index (κ1) is 10.9. The highest BCUT2D eigenvalue weighted by Crippen LogP contribution is 2.02. The highest BCUT2D eigenvalue weighted by molar-refractivity contribution is 5.55. The molecule has 1 unspecified atom stereocenters. The van der Waals surface area contributed by atoms with Crippen molar-refractivity contribution in [2.24, 2.45) is 0 Å². The lowest BCUT2D eigenvalue weighted by Crippen LogP contribution is -2.06. The first-order valence-corrected chi connectivity index (χ1v) is 4.54. The molecule has 0 amide bonds. The third-order valence-electron chi connectivity index (χ3n) is 1.80. The molecule has 0 N–H and O–H groups in total. The Kier molecular flexibility index (Phi) is 4.86. The summed E-state index contributed by atoms with van der Waals surface area (Å²) in [5.74, 6) is 0. The standard InChI is InChI=1S/C11H13FO2/c12-11(8-13)6-7-14-9-10-4-2-1-3-5-10/h1-5,8,11H,6-7,9H2. The SMILES string of the molecule is O=CC(F)CCOCc1ccccc1. The molecule has 76 valence electrons. The highest BCUT2D eigenvalue weighted by atomic mass is 19.1. The molecule has 1 atom stereocenters. The second-order valence-electron chi connectivity index (χ2n) is 2.98. The van der Waals surface area contributed by atoms with Crippen LogP contribution in [0.3, 0.4) is 0 Å². The second-order valence-corrected chi connectivity index (χ2v) is 2.98. The summed E-state index contributed by atoms with van der Waals surface area (Å²) in [5, 5.41) is 0. The molecule has 0 radical (unpaired) electrons. The maximum atomic E-state index is 12.4. The molecule has 1 aromatic carbocycles. The number of carbonyl (C=O) groups excluding carboxylic acids is 1. The predicted octanol–water partition coefficient (Wildman–Crippen LogP) is 2.13. The summed E-state index contributed by atoms with van der Waals surface area (Å²) < 4.78 is 17.6. The van der Waals surface area contributed by atoms with Crippen molar-refractivity contribution >= 4 is 6.29 Å². The van der Waals surface area contributed by atoms with Crippen LogP contribution in [-0.4, -0.2) is 19.1 Å². The fourth-order valence-corrected chi connectivity index (χ4v) is 1.03. The normalized spacial score (nSPS) is 12.4. The maximum absolute atomic E-state index is 12.4. The molecule has 0 aliphatic heterocycles. The molecule has 0 fully saturated rings. The lowest BCUT2D eigenvalue weighted by Gasteiger charge is -2.03. The number of ether oxygens (including phenoxy) is 1. The van der Waals surface area contributed by atoms with Gasteiger partial charge in [-0.15, -0.1) is 0 Å². The van der Waals surface area contributed by atoms with Crippen molar-refractivity contribution < 1.29 is 13.9 Å². The summed E-state index contributed by atoms with van der Waals surface area (Å²) in [4.78, 5) is 9.94. The Hall–Kier alpha value is -1.22. The second kappa shape index (κ2) is 6.27. The average Bonchev–Trinajstić information content (AvgIpc) is 2.25. The van der Waals surface area contributed by atoms with Crippen molar-refractivity contribution in [3.8, 4) is 0 Å². The average molecular weight is 196 g/mol. The minimum Gasteiger partial charge on any atom is -0.377 e. The van der Waals surface area contributed by atoms with Gasteiger partial charge in [0, 0.05) is 6.42 Å². The van der Waals surface area contributed by atoms with E-state index >= 15 is 0 Å². The van der Waals surface area contributed by atoms with Crippen molar-refractivity contribution in [3.63, 3.8) is 0 Å². The number of rotatable bonds is 6. The van der Waals surface area contributed by atoms with E-state index in [4.69, 9.17) is 4.74 Å². The zero-order valence-corrected chi connectivity index (χ0v) is 7.86. The maximum Gasteiger partial charge on any atom is 0.157 e. The third-order valence-corrected chi connectivity index (χ3v) is 1.80. The smallest absolute Gasteiger partial charge is 0.157 e. The van der Waals surface area contributed by atoms with E-state index < -0.39 is 6.17 Å². The monoisotopic (exact) mass is 196 g/mol. The Bertz CT molecular complexity index is 261. The van der Waals surface area contributed by atoms with Gasteiger partial charge in [-0.05, 0) is 5.56 Å².